The molecule has 146 valence electrons. The van der Waals surface area contributed by atoms with E-state index in [1.165, 1.54) is 41.3 Å². The van der Waals surface area contributed by atoms with Crippen molar-refractivity contribution in [2.75, 3.05) is 31.1 Å². The molecule has 1 aromatic heterocycles. The summed E-state index contributed by atoms with van der Waals surface area (Å²) in [6.07, 6.45) is 6.00. The normalized spacial score (nSPS) is 23.6. The van der Waals surface area contributed by atoms with Crippen LogP contribution in [0.2, 0.25) is 0 Å². The van der Waals surface area contributed by atoms with Gasteiger partial charge in [0.15, 0.2) is 0 Å². The highest BCUT2D eigenvalue weighted by Gasteiger charge is 2.33. The molecule has 4 heteroatoms. The van der Waals surface area contributed by atoms with Gasteiger partial charge in [-0.1, -0.05) is 23.8 Å². The summed E-state index contributed by atoms with van der Waals surface area (Å²) in [4.78, 5) is 8.29. The standard InChI is InChI=1S/C24H28FN3/c1-17-6-9-23-20(14-17)21(16-26-23)18-7-8-19(15-18)27-10-12-28(13-11-27)24-5-3-2-4-22(24)25/h2-6,9,14,16,18-19,26H,7-8,10-13,15H2,1H3. The number of aromatic nitrogens is 1. The van der Waals surface area contributed by atoms with Crippen LogP contribution in [-0.2, 0) is 0 Å². The number of para-hydroxylation sites is 1. The van der Waals surface area contributed by atoms with Crippen molar-refractivity contribution in [3.8, 4) is 0 Å². The molecule has 28 heavy (non-hydrogen) atoms. The fourth-order valence-electron chi connectivity index (χ4n) is 5.20. The highest BCUT2D eigenvalue weighted by molar-refractivity contribution is 5.84. The minimum absolute atomic E-state index is 0.105. The lowest BCUT2D eigenvalue weighted by atomic mass is 9.96. The fourth-order valence-corrected chi connectivity index (χ4v) is 5.20. The third-order valence-electron chi connectivity index (χ3n) is 6.74. The first-order valence-corrected chi connectivity index (χ1v) is 10.5. The van der Waals surface area contributed by atoms with Crippen molar-refractivity contribution in [1.82, 2.24) is 9.88 Å². The van der Waals surface area contributed by atoms with Crippen LogP contribution in [0, 0.1) is 12.7 Å². The van der Waals surface area contributed by atoms with Crippen molar-refractivity contribution in [1.29, 1.82) is 0 Å². The molecule has 1 aliphatic heterocycles. The van der Waals surface area contributed by atoms with Crippen molar-refractivity contribution in [2.45, 2.75) is 38.1 Å². The Morgan fingerprint density at radius 3 is 2.64 bits per heavy atom. The van der Waals surface area contributed by atoms with E-state index in [2.05, 4.69) is 46.1 Å². The number of nitrogens with one attached hydrogen (secondary N) is 1. The minimum atomic E-state index is -0.105. The lowest BCUT2D eigenvalue weighted by molar-refractivity contribution is 0.186. The van der Waals surface area contributed by atoms with Crippen LogP contribution in [0.3, 0.4) is 0 Å². The number of H-pyrrole nitrogens is 1. The summed E-state index contributed by atoms with van der Waals surface area (Å²) in [5.41, 5.74) is 4.82. The molecule has 3 aromatic rings. The van der Waals surface area contributed by atoms with Crippen molar-refractivity contribution in [3.63, 3.8) is 0 Å². The van der Waals surface area contributed by atoms with E-state index in [4.69, 9.17) is 0 Å². The van der Waals surface area contributed by atoms with Gasteiger partial charge in [-0.05, 0) is 61.9 Å². The molecule has 3 nitrogen and oxygen atoms in total. The molecule has 2 aromatic carbocycles. The van der Waals surface area contributed by atoms with E-state index in [1.807, 2.05) is 12.1 Å². The summed E-state index contributed by atoms with van der Waals surface area (Å²) in [5, 5.41) is 1.40. The van der Waals surface area contributed by atoms with E-state index in [-0.39, 0.29) is 5.82 Å². The molecular formula is C24H28FN3. The van der Waals surface area contributed by atoms with Crippen LogP contribution in [0.5, 0.6) is 0 Å². The van der Waals surface area contributed by atoms with E-state index >= 15 is 0 Å². The Morgan fingerprint density at radius 2 is 1.82 bits per heavy atom. The predicted molar refractivity (Wildman–Crippen MR) is 114 cm³/mol. The third-order valence-corrected chi connectivity index (χ3v) is 6.74. The van der Waals surface area contributed by atoms with Crippen LogP contribution in [0.25, 0.3) is 10.9 Å². The maximum atomic E-state index is 14.1. The molecule has 2 aliphatic rings. The number of aromatic amines is 1. The fraction of sp³-hybridized carbons (Fsp3) is 0.417. The van der Waals surface area contributed by atoms with Gasteiger partial charge in [0.25, 0.3) is 0 Å². The van der Waals surface area contributed by atoms with E-state index in [0.29, 0.717) is 12.0 Å². The molecule has 0 radical (unpaired) electrons. The van der Waals surface area contributed by atoms with Gasteiger partial charge in [-0.15, -0.1) is 0 Å². The summed E-state index contributed by atoms with van der Waals surface area (Å²) in [7, 11) is 0. The average molecular weight is 378 g/mol. The predicted octanol–water partition coefficient (Wildman–Crippen LogP) is 5.07. The Balaban J connectivity index is 1.24. The minimum Gasteiger partial charge on any atom is -0.367 e. The maximum Gasteiger partial charge on any atom is 0.146 e. The molecule has 5 rings (SSSR count). The van der Waals surface area contributed by atoms with Crippen LogP contribution in [0.15, 0.2) is 48.7 Å². The van der Waals surface area contributed by atoms with Gasteiger partial charge in [-0.2, -0.15) is 0 Å². The third kappa shape index (κ3) is 3.20. The molecule has 0 spiro atoms. The lowest BCUT2D eigenvalue weighted by Gasteiger charge is -2.39. The molecule has 2 unspecified atom stereocenters. The summed E-state index contributed by atoms with van der Waals surface area (Å²) in [6.45, 7) is 6.04. The highest BCUT2D eigenvalue weighted by atomic mass is 19.1. The number of hydrogen-bond acceptors (Lipinski definition) is 2. The molecule has 1 saturated carbocycles. The zero-order chi connectivity index (χ0) is 19.1. The zero-order valence-electron chi connectivity index (χ0n) is 16.5. The number of anilines is 1. The molecule has 0 amide bonds. The Bertz CT molecular complexity index is 971. The summed E-state index contributed by atoms with van der Waals surface area (Å²) in [6, 6.07) is 14.5. The van der Waals surface area contributed by atoms with Gasteiger partial charge in [0.1, 0.15) is 5.82 Å². The van der Waals surface area contributed by atoms with E-state index in [1.54, 1.807) is 12.1 Å². The Kier molecular flexibility index (Phi) is 4.59. The van der Waals surface area contributed by atoms with E-state index in [9.17, 15) is 4.39 Å². The molecule has 2 atom stereocenters. The average Bonchev–Trinajstić information content (AvgIpc) is 3.35. The molecular weight excluding hydrogens is 349 g/mol. The smallest absolute Gasteiger partial charge is 0.146 e. The van der Waals surface area contributed by atoms with E-state index in [0.717, 1.165) is 31.9 Å². The number of hydrogen-bond donors (Lipinski definition) is 1. The van der Waals surface area contributed by atoms with Crippen LogP contribution < -0.4 is 4.90 Å². The van der Waals surface area contributed by atoms with Gasteiger partial charge >= 0.3 is 0 Å². The molecule has 2 heterocycles. The maximum absolute atomic E-state index is 14.1. The number of halogens is 1. The molecule has 1 saturated heterocycles. The number of fused-ring (bicyclic) bond motifs is 1. The Morgan fingerprint density at radius 1 is 1.00 bits per heavy atom. The largest absolute Gasteiger partial charge is 0.367 e. The van der Waals surface area contributed by atoms with Crippen LogP contribution in [0.4, 0.5) is 10.1 Å². The molecule has 1 aliphatic carbocycles. The van der Waals surface area contributed by atoms with Crippen LogP contribution in [0.1, 0.15) is 36.3 Å². The van der Waals surface area contributed by atoms with Gasteiger partial charge in [-0.3, -0.25) is 4.90 Å². The van der Waals surface area contributed by atoms with Crippen molar-refractivity contribution in [3.05, 3.63) is 65.6 Å². The molecule has 0 bridgehead atoms. The van der Waals surface area contributed by atoms with Crippen LogP contribution >= 0.6 is 0 Å². The number of rotatable bonds is 3. The highest BCUT2D eigenvalue weighted by Crippen LogP contribution is 2.40. The lowest BCUT2D eigenvalue weighted by Crippen LogP contribution is -2.50. The van der Waals surface area contributed by atoms with Crippen molar-refractivity contribution in [2.24, 2.45) is 0 Å². The first kappa shape index (κ1) is 17.7. The monoisotopic (exact) mass is 377 g/mol. The van der Waals surface area contributed by atoms with Gasteiger partial charge in [-0.25, -0.2) is 4.39 Å². The number of piperazine rings is 1. The van der Waals surface area contributed by atoms with Crippen molar-refractivity contribution >= 4 is 16.6 Å². The Labute approximate surface area is 166 Å². The topological polar surface area (TPSA) is 22.3 Å². The number of aryl methyl sites for hydroxylation is 1. The van der Waals surface area contributed by atoms with Gasteiger partial charge in [0.05, 0.1) is 5.69 Å². The summed E-state index contributed by atoms with van der Waals surface area (Å²) >= 11 is 0. The second-order valence-electron chi connectivity index (χ2n) is 8.43. The van der Waals surface area contributed by atoms with Gasteiger partial charge in [0.2, 0.25) is 0 Å². The van der Waals surface area contributed by atoms with E-state index < -0.39 is 0 Å². The number of benzene rings is 2. The van der Waals surface area contributed by atoms with Gasteiger partial charge < -0.3 is 9.88 Å². The zero-order valence-corrected chi connectivity index (χ0v) is 16.5. The van der Waals surface area contributed by atoms with Gasteiger partial charge in [0, 0.05) is 49.3 Å². The summed E-state index contributed by atoms with van der Waals surface area (Å²) < 4.78 is 14.1. The molecule has 2 fully saturated rings. The van der Waals surface area contributed by atoms with Crippen molar-refractivity contribution < 1.29 is 4.39 Å². The number of nitrogens with zero attached hydrogens (tertiary/aromatic N) is 2. The first-order valence-electron chi connectivity index (χ1n) is 10.5. The summed E-state index contributed by atoms with van der Waals surface area (Å²) in [5.74, 6) is 0.539. The Hall–Kier alpha value is -2.33. The molecule has 1 N–H and O–H groups in total. The second kappa shape index (κ2) is 7.25. The first-order chi connectivity index (χ1) is 13.7. The second-order valence-corrected chi connectivity index (χ2v) is 8.43. The quantitative estimate of drug-likeness (QED) is 0.688. The SMILES string of the molecule is Cc1ccc2[nH]cc(C3CCC(N4CCN(c5ccccc5F)CC4)C3)c2c1. The van der Waals surface area contributed by atoms with Crippen LogP contribution in [-0.4, -0.2) is 42.1 Å².